The predicted octanol–water partition coefficient (Wildman–Crippen LogP) is 1.82. The Morgan fingerprint density at radius 1 is 1.46 bits per heavy atom. The lowest BCUT2D eigenvalue weighted by molar-refractivity contribution is 0.348. The highest BCUT2D eigenvalue weighted by molar-refractivity contribution is 6.33. The number of hydrogen-bond donors (Lipinski definition) is 1. The standard InChI is InChI=1S/C9H8ClNO2/c10-8-2-1-6(12)5-7(8)9-11-3-4-13-9/h1-2,5,12H,3-4H2. The molecule has 0 fully saturated rings. The normalized spacial score (nSPS) is 15.3. The van der Waals surface area contributed by atoms with Gasteiger partial charge in [0.1, 0.15) is 12.4 Å². The van der Waals surface area contributed by atoms with E-state index in [1.165, 1.54) is 6.07 Å². The van der Waals surface area contributed by atoms with Gasteiger partial charge in [-0.3, -0.25) is 0 Å². The van der Waals surface area contributed by atoms with E-state index >= 15 is 0 Å². The number of aromatic hydroxyl groups is 1. The van der Waals surface area contributed by atoms with E-state index in [0.29, 0.717) is 29.6 Å². The molecule has 0 atom stereocenters. The predicted molar refractivity (Wildman–Crippen MR) is 50.5 cm³/mol. The van der Waals surface area contributed by atoms with Crippen LogP contribution in [0, 0.1) is 0 Å². The Balaban J connectivity index is 2.43. The van der Waals surface area contributed by atoms with Crippen molar-refractivity contribution < 1.29 is 9.84 Å². The summed E-state index contributed by atoms with van der Waals surface area (Å²) < 4.78 is 5.23. The van der Waals surface area contributed by atoms with Crippen molar-refractivity contribution in [3.8, 4) is 5.75 Å². The Labute approximate surface area is 80.6 Å². The molecule has 1 aliphatic rings. The van der Waals surface area contributed by atoms with Crippen molar-refractivity contribution in [2.24, 2.45) is 4.99 Å². The Bertz CT molecular complexity index is 363. The van der Waals surface area contributed by atoms with Crippen LogP contribution < -0.4 is 0 Å². The van der Waals surface area contributed by atoms with Crippen LogP contribution in [0.4, 0.5) is 0 Å². The second-order valence-corrected chi connectivity index (χ2v) is 3.11. The highest BCUT2D eigenvalue weighted by Gasteiger charge is 2.13. The summed E-state index contributed by atoms with van der Waals surface area (Å²) in [7, 11) is 0. The van der Waals surface area contributed by atoms with Crippen LogP contribution in [-0.2, 0) is 4.74 Å². The second kappa shape index (κ2) is 3.26. The number of ether oxygens (including phenoxy) is 1. The number of halogens is 1. The lowest BCUT2D eigenvalue weighted by Crippen LogP contribution is -2.01. The van der Waals surface area contributed by atoms with E-state index in [1.807, 2.05) is 0 Å². The van der Waals surface area contributed by atoms with Gasteiger partial charge in [-0.2, -0.15) is 0 Å². The van der Waals surface area contributed by atoms with E-state index in [1.54, 1.807) is 12.1 Å². The number of phenolic OH excluding ortho intramolecular Hbond substituents is 1. The van der Waals surface area contributed by atoms with Crippen LogP contribution in [0.15, 0.2) is 23.2 Å². The monoisotopic (exact) mass is 197 g/mol. The Kier molecular flexibility index (Phi) is 2.10. The van der Waals surface area contributed by atoms with Crippen LogP contribution in [0.5, 0.6) is 5.75 Å². The Hall–Kier alpha value is -1.22. The maximum absolute atomic E-state index is 9.23. The molecule has 0 saturated heterocycles. The third kappa shape index (κ3) is 1.60. The SMILES string of the molecule is Oc1ccc(Cl)c(C2=NCCO2)c1. The van der Waals surface area contributed by atoms with Crippen molar-refractivity contribution in [3.05, 3.63) is 28.8 Å². The van der Waals surface area contributed by atoms with Gasteiger partial charge in [0.25, 0.3) is 0 Å². The summed E-state index contributed by atoms with van der Waals surface area (Å²) in [5.74, 6) is 0.679. The fourth-order valence-corrected chi connectivity index (χ4v) is 1.37. The molecule has 0 amide bonds. The fourth-order valence-electron chi connectivity index (χ4n) is 1.18. The first-order valence-corrected chi connectivity index (χ1v) is 4.31. The average Bonchev–Trinajstić information content (AvgIpc) is 2.61. The largest absolute Gasteiger partial charge is 0.508 e. The molecule has 1 aromatic carbocycles. The Morgan fingerprint density at radius 3 is 3.00 bits per heavy atom. The molecule has 0 spiro atoms. The summed E-state index contributed by atoms with van der Waals surface area (Å²) in [5.41, 5.74) is 0.652. The van der Waals surface area contributed by atoms with E-state index in [9.17, 15) is 5.11 Å². The van der Waals surface area contributed by atoms with Crippen LogP contribution in [0.25, 0.3) is 0 Å². The van der Waals surface area contributed by atoms with E-state index < -0.39 is 0 Å². The molecule has 1 aliphatic heterocycles. The minimum Gasteiger partial charge on any atom is -0.508 e. The molecule has 13 heavy (non-hydrogen) atoms. The lowest BCUT2D eigenvalue weighted by atomic mass is 10.2. The van der Waals surface area contributed by atoms with Crippen LogP contribution in [0.2, 0.25) is 5.02 Å². The smallest absolute Gasteiger partial charge is 0.217 e. The average molecular weight is 198 g/mol. The number of phenols is 1. The second-order valence-electron chi connectivity index (χ2n) is 2.70. The molecule has 0 saturated carbocycles. The summed E-state index contributed by atoms with van der Waals surface area (Å²) in [6.45, 7) is 1.24. The molecule has 0 aliphatic carbocycles. The van der Waals surface area contributed by atoms with Crippen LogP contribution in [-0.4, -0.2) is 24.2 Å². The summed E-state index contributed by atoms with van der Waals surface area (Å²) >= 11 is 5.90. The van der Waals surface area contributed by atoms with Gasteiger partial charge in [-0.25, -0.2) is 4.99 Å². The summed E-state index contributed by atoms with van der Waals surface area (Å²) in [4.78, 5) is 4.11. The maximum Gasteiger partial charge on any atom is 0.217 e. The zero-order valence-corrected chi connectivity index (χ0v) is 7.58. The molecule has 1 heterocycles. The number of rotatable bonds is 1. The zero-order valence-electron chi connectivity index (χ0n) is 6.83. The third-order valence-electron chi connectivity index (χ3n) is 1.77. The van der Waals surface area contributed by atoms with Crippen LogP contribution >= 0.6 is 11.6 Å². The highest BCUT2D eigenvalue weighted by atomic mass is 35.5. The number of benzene rings is 1. The Morgan fingerprint density at radius 2 is 2.31 bits per heavy atom. The van der Waals surface area contributed by atoms with E-state index in [0.717, 1.165) is 0 Å². The molecule has 2 rings (SSSR count). The van der Waals surface area contributed by atoms with Crippen molar-refractivity contribution in [2.45, 2.75) is 0 Å². The highest BCUT2D eigenvalue weighted by Crippen LogP contribution is 2.23. The van der Waals surface area contributed by atoms with Gasteiger partial charge in [-0.1, -0.05) is 11.6 Å². The first-order chi connectivity index (χ1) is 6.27. The van der Waals surface area contributed by atoms with Gasteiger partial charge in [0.2, 0.25) is 5.90 Å². The van der Waals surface area contributed by atoms with Gasteiger partial charge < -0.3 is 9.84 Å². The first kappa shape index (κ1) is 8.38. The molecule has 68 valence electrons. The van der Waals surface area contributed by atoms with Crippen molar-refractivity contribution >= 4 is 17.5 Å². The lowest BCUT2D eigenvalue weighted by Gasteiger charge is -2.04. The number of nitrogens with zero attached hydrogens (tertiary/aromatic N) is 1. The fraction of sp³-hybridized carbons (Fsp3) is 0.222. The molecular weight excluding hydrogens is 190 g/mol. The van der Waals surface area contributed by atoms with Gasteiger partial charge in [-0.15, -0.1) is 0 Å². The third-order valence-corrected chi connectivity index (χ3v) is 2.10. The molecule has 0 bridgehead atoms. The van der Waals surface area contributed by atoms with Gasteiger partial charge in [-0.05, 0) is 18.2 Å². The van der Waals surface area contributed by atoms with Gasteiger partial charge in [0.05, 0.1) is 17.1 Å². The molecular formula is C9H8ClNO2. The molecule has 1 N–H and O–H groups in total. The molecule has 0 unspecified atom stereocenters. The molecule has 0 aromatic heterocycles. The van der Waals surface area contributed by atoms with Crippen LogP contribution in [0.1, 0.15) is 5.56 Å². The molecule has 4 heteroatoms. The van der Waals surface area contributed by atoms with E-state index in [2.05, 4.69) is 4.99 Å². The number of hydrogen-bond acceptors (Lipinski definition) is 3. The number of aliphatic imine (C=N–C) groups is 1. The quantitative estimate of drug-likeness (QED) is 0.746. The summed E-state index contributed by atoms with van der Waals surface area (Å²) in [6, 6.07) is 4.70. The van der Waals surface area contributed by atoms with Gasteiger partial charge in [0, 0.05) is 0 Å². The minimum absolute atomic E-state index is 0.164. The van der Waals surface area contributed by atoms with Gasteiger partial charge in [0.15, 0.2) is 0 Å². The maximum atomic E-state index is 9.23. The van der Waals surface area contributed by atoms with Crippen molar-refractivity contribution in [2.75, 3.05) is 13.2 Å². The van der Waals surface area contributed by atoms with Gasteiger partial charge >= 0.3 is 0 Å². The van der Waals surface area contributed by atoms with Crippen molar-refractivity contribution in [3.63, 3.8) is 0 Å². The van der Waals surface area contributed by atoms with Crippen molar-refractivity contribution in [1.29, 1.82) is 0 Å². The molecule has 1 aromatic rings. The van der Waals surface area contributed by atoms with Crippen LogP contribution in [0.3, 0.4) is 0 Å². The summed E-state index contributed by atoms with van der Waals surface area (Å²) in [5, 5.41) is 9.77. The molecule has 0 radical (unpaired) electrons. The first-order valence-electron chi connectivity index (χ1n) is 3.93. The summed E-state index contributed by atoms with van der Waals surface area (Å²) in [6.07, 6.45) is 0. The minimum atomic E-state index is 0.164. The van der Waals surface area contributed by atoms with E-state index in [4.69, 9.17) is 16.3 Å². The molecule has 3 nitrogen and oxygen atoms in total. The topological polar surface area (TPSA) is 41.8 Å². The zero-order chi connectivity index (χ0) is 9.26. The van der Waals surface area contributed by atoms with Crippen molar-refractivity contribution in [1.82, 2.24) is 0 Å². The van der Waals surface area contributed by atoms with E-state index in [-0.39, 0.29) is 5.75 Å².